The maximum Gasteiger partial charge on any atom is 0.240 e. The van der Waals surface area contributed by atoms with Crippen molar-refractivity contribution < 1.29 is 15.0 Å². The summed E-state index contributed by atoms with van der Waals surface area (Å²) in [5, 5.41) is 19.2. The van der Waals surface area contributed by atoms with Crippen LogP contribution in [-0.4, -0.2) is 98.7 Å². The van der Waals surface area contributed by atoms with E-state index in [1.54, 1.807) is 0 Å². The van der Waals surface area contributed by atoms with Crippen molar-refractivity contribution in [3.63, 3.8) is 0 Å². The number of phenols is 1. The zero-order chi connectivity index (χ0) is 28.0. The monoisotopic (exact) mass is 551 g/mol. The van der Waals surface area contributed by atoms with Crippen LogP contribution in [0.15, 0.2) is 18.2 Å². The molecule has 10 nitrogen and oxygen atoms in total. The number of hydrazine groups is 1. The standard InChI is InChI=1S/C30H45N7O3/c1-4-19-13-21(39)6-8-22(19)20-5-7-23-24(14-20)33-34-28(23)29-31-25-15-27(35(3)17-26(25)32-29)30(40)37-10-9-36(11-12-38)16-18(37)2/h6,8,13,18,20,23-24,27-28,33-34,38-39H,4-5,7,9-12,14-17H2,1-3H3,(H,31,32)/t18-,20?,23?,24?,27+,28?/m1/s1. The van der Waals surface area contributed by atoms with Crippen LogP contribution in [0, 0.1) is 5.92 Å². The van der Waals surface area contributed by atoms with Crippen LogP contribution in [0.4, 0.5) is 0 Å². The fourth-order valence-corrected chi connectivity index (χ4v) is 7.70. The molecular weight excluding hydrogens is 506 g/mol. The Kier molecular flexibility index (Phi) is 7.89. The van der Waals surface area contributed by atoms with Crippen molar-refractivity contribution in [1.82, 2.24) is 35.5 Å². The van der Waals surface area contributed by atoms with Crippen LogP contribution in [-0.2, 0) is 24.2 Å². The molecule has 1 saturated carbocycles. The molecule has 6 rings (SSSR count). The molecule has 1 aliphatic carbocycles. The Labute approximate surface area is 237 Å². The van der Waals surface area contributed by atoms with Crippen LogP contribution < -0.4 is 10.9 Å². The van der Waals surface area contributed by atoms with Crippen molar-refractivity contribution in [3.05, 3.63) is 46.5 Å². The molecule has 0 bridgehead atoms. The highest BCUT2D eigenvalue weighted by Gasteiger charge is 2.44. The molecule has 3 aliphatic heterocycles. The first kappa shape index (κ1) is 27.7. The predicted molar refractivity (Wildman–Crippen MR) is 153 cm³/mol. The lowest BCUT2D eigenvalue weighted by Crippen LogP contribution is -2.59. The molecule has 6 atom stereocenters. The molecule has 2 aromatic rings. The van der Waals surface area contributed by atoms with Crippen molar-refractivity contribution in [3.8, 4) is 5.75 Å². The average molecular weight is 552 g/mol. The number of aromatic nitrogens is 2. The summed E-state index contributed by atoms with van der Waals surface area (Å²) in [6.45, 7) is 8.09. The number of hydrogen-bond donors (Lipinski definition) is 5. The minimum Gasteiger partial charge on any atom is -0.508 e. The van der Waals surface area contributed by atoms with Crippen molar-refractivity contribution in [2.75, 3.05) is 39.8 Å². The molecular formula is C30H45N7O3. The summed E-state index contributed by atoms with van der Waals surface area (Å²) in [5.41, 5.74) is 11.9. The van der Waals surface area contributed by atoms with Gasteiger partial charge in [0.25, 0.3) is 0 Å². The molecule has 4 heterocycles. The van der Waals surface area contributed by atoms with Gasteiger partial charge in [-0.15, -0.1) is 0 Å². The number of H-pyrrole nitrogens is 1. The van der Waals surface area contributed by atoms with Gasteiger partial charge in [0.1, 0.15) is 11.6 Å². The van der Waals surface area contributed by atoms with E-state index in [1.165, 1.54) is 11.1 Å². The molecule has 10 heteroatoms. The minimum atomic E-state index is -0.202. The van der Waals surface area contributed by atoms with E-state index in [4.69, 9.17) is 4.98 Å². The second-order valence-electron chi connectivity index (χ2n) is 12.4. The van der Waals surface area contributed by atoms with E-state index < -0.39 is 0 Å². The average Bonchev–Trinajstić information content (AvgIpc) is 3.55. The molecule has 4 unspecified atom stereocenters. The number of aryl methyl sites for hydroxylation is 1. The van der Waals surface area contributed by atoms with Gasteiger partial charge in [0.05, 0.1) is 30.1 Å². The Bertz CT molecular complexity index is 1220. The predicted octanol–water partition coefficient (Wildman–Crippen LogP) is 1.66. The van der Waals surface area contributed by atoms with E-state index in [-0.39, 0.29) is 30.6 Å². The number of nitrogens with one attached hydrogen (secondary N) is 3. The fraction of sp³-hybridized carbons (Fsp3) is 0.667. The van der Waals surface area contributed by atoms with Crippen LogP contribution in [0.5, 0.6) is 5.75 Å². The van der Waals surface area contributed by atoms with Gasteiger partial charge in [0.2, 0.25) is 5.91 Å². The number of aliphatic hydroxyl groups is 1. The lowest BCUT2D eigenvalue weighted by Gasteiger charge is -2.43. The van der Waals surface area contributed by atoms with E-state index in [9.17, 15) is 15.0 Å². The Morgan fingerprint density at radius 3 is 2.83 bits per heavy atom. The van der Waals surface area contributed by atoms with Crippen molar-refractivity contribution in [2.45, 2.75) is 82.6 Å². The molecule has 5 N–H and O–H groups in total. The number of phenolic OH excluding ortho intramolecular Hbond substituents is 1. The number of β-amino-alcohol motifs (C(OH)–C–C–N with tert-alkyl or cyclic N) is 1. The number of hydrogen-bond acceptors (Lipinski definition) is 8. The third-order valence-corrected chi connectivity index (χ3v) is 9.90. The number of likely N-dealkylation sites (N-methyl/N-ethyl adjacent to an activating group) is 1. The molecule has 1 aromatic heterocycles. The van der Waals surface area contributed by atoms with Gasteiger partial charge in [-0.25, -0.2) is 10.4 Å². The largest absolute Gasteiger partial charge is 0.508 e. The van der Waals surface area contributed by atoms with Crippen LogP contribution >= 0.6 is 0 Å². The van der Waals surface area contributed by atoms with Gasteiger partial charge in [-0.3, -0.25) is 20.0 Å². The van der Waals surface area contributed by atoms with Gasteiger partial charge in [0, 0.05) is 51.2 Å². The Morgan fingerprint density at radius 1 is 1.20 bits per heavy atom. The Balaban J connectivity index is 1.12. The molecule has 4 aliphatic rings. The summed E-state index contributed by atoms with van der Waals surface area (Å²) in [6, 6.07) is 6.28. The Hall–Kier alpha value is -2.50. The number of aromatic hydroxyl groups is 1. The Morgan fingerprint density at radius 2 is 2.05 bits per heavy atom. The summed E-state index contributed by atoms with van der Waals surface area (Å²) < 4.78 is 0. The lowest BCUT2D eigenvalue weighted by atomic mass is 9.73. The molecule has 3 fully saturated rings. The first-order valence-corrected chi connectivity index (χ1v) is 15.1. The number of aromatic amines is 1. The van der Waals surface area contributed by atoms with Crippen molar-refractivity contribution >= 4 is 5.91 Å². The summed E-state index contributed by atoms with van der Waals surface area (Å²) in [4.78, 5) is 28.8. The van der Waals surface area contributed by atoms with Crippen molar-refractivity contribution in [1.29, 1.82) is 0 Å². The highest BCUT2D eigenvalue weighted by atomic mass is 16.3. The third kappa shape index (κ3) is 5.16. The zero-order valence-electron chi connectivity index (χ0n) is 24.1. The van der Waals surface area contributed by atoms with Crippen LogP contribution in [0.1, 0.15) is 73.4 Å². The van der Waals surface area contributed by atoms with E-state index in [0.717, 1.165) is 56.0 Å². The summed E-state index contributed by atoms with van der Waals surface area (Å²) in [6.07, 6.45) is 4.85. The maximum absolute atomic E-state index is 13.7. The first-order chi connectivity index (χ1) is 19.4. The smallest absolute Gasteiger partial charge is 0.240 e. The number of amides is 1. The molecule has 1 aromatic carbocycles. The van der Waals surface area contributed by atoms with Crippen LogP contribution in [0.25, 0.3) is 0 Å². The summed E-state index contributed by atoms with van der Waals surface area (Å²) in [5.74, 6) is 2.46. The first-order valence-electron chi connectivity index (χ1n) is 15.1. The normalized spacial score (nSPS) is 31.2. The summed E-state index contributed by atoms with van der Waals surface area (Å²) in [7, 11) is 2.04. The van der Waals surface area contributed by atoms with Crippen LogP contribution in [0.2, 0.25) is 0 Å². The number of carbonyl (C=O) groups excluding carboxylic acids is 1. The SMILES string of the molecule is CCc1cc(O)ccc1C1CCC2C(C1)NNC2c1nc2c([nH]1)CN(C)[C@H](C(=O)N1CCN(CCO)C[C@H]1C)C2. The van der Waals surface area contributed by atoms with Gasteiger partial charge >= 0.3 is 0 Å². The number of aliphatic hydroxyl groups excluding tert-OH is 1. The number of imidazole rings is 1. The van der Waals surface area contributed by atoms with Gasteiger partial charge in [-0.2, -0.15) is 0 Å². The minimum absolute atomic E-state index is 0.126. The third-order valence-electron chi connectivity index (χ3n) is 9.90. The lowest BCUT2D eigenvalue weighted by molar-refractivity contribution is -0.141. The van der Waals surface area contributed by atoms with Gasteiger partial charge < -0.3 is 20.1 Å². The number of fused-ring (bicyclic) bond motifs is 2. The zero-order valence-corrected chi connectivity index (χ0v) is 24.1. The molecule has 40 heavy (non-hydrogen) atoms. The molecule has 0 spiro atoms. The van der Waals surface area contributed by atoms with Crippen molar-refractivity contribution in [2.24, 2.45) is 5.92 Å². The second-order valence-corrected chi connectivity index (χ2v) is 12.4. The second kappa shape index (κ2) is 11.4. The van der Waals surface area contributed by atoms with E-state index in [2.05, 4.69) is 45.5 Å². The molecule has 1 amide bonds. The molecule has 2 saturated heterocycles. The topological polar surface area (TPSA) is 120 Å². The number of rotatable bonds is 6. The number of benzene rings is 1. The fourth-order valence-electron chi connectivity index (χ4n) is 7.70. The number of piperazine rings is 1. The van der Waals surface area contributed by atoms with Gasteiger partial charge in [-0.05, 0) is 74.8 Å². The van der Waals surface area contributed by atoms with Gasteiger partial charge in [-0.1, -0.05) is 13.0 Å². The number of carbonyl (C=O) groups is 1. The molecule has 0 radical (unpaired) electrons. The summed E-state index contributed by atoms with van der Waals surface area (Å²) >= 11 is 0. The number of nitrogens with zero attached hydrogens (tertiary/aromatic N) is 4. The van der Waals surface area contributed by atoms with Crippen LogP contribution in [0.3, 0.4) is 0 Å². The van der Waals surface area contributed by atoms with E-state index in [0.29, 0.717) is 49.7 Å². The highest BCUT2D eigenvalue weighted by molar-refractivity contribution is 5.83. The van der Waals surface area contributed by atoms with E-state index in [1.807, 2.05) is 24.1 Å². The van der Waals surface area contributed by atoms with E-state index >= 15 is 0 Å². The highest BCUT2D eigenvalue weighted by Crippen LogP contribution is 2.44. The molecule has 218 valence electrons. The van der Waals surface area contributed by atoms with Gasteiger partial charge in [0.15, 0.2) is 0 Å². The maximum atomic E-state index is 13.7. The quantitative estimate of drug-likeness (QED) is 0.368.